The van der Waals surface area contributed by atoms with E-state index in [1.165, 1.54) is 25.0 Å². The minimum atomic E-state index is -5.76. The fourth-order valence-electron chi connectivity index (χ4n) is 5.16. The van der Waals surface area contributed by atoms with Crippen molar-refractivity contribution in [2.45, 2.75) is 56.5 Å². The minimum absolute atomic E-state index is 0.0190. The summed E-state index contributed by atoms with van der Waals surface area (Å²) in [6.45, 7) is 5.68. The highest BCUT2D eigenvalue weighted by atomic mass is 32.2. The summed E-state index contributed by atoms with van der Waals surface area (Å²) in [7, 11) is -5.76. The molecule has 0 unspecified atom stereocenters. The first kappa shape index (κ1) is 20.7. The van der Waals surface area contributed by atoms with Crippen LogP contribution in [0.1, 0.15) is 55.5 Å². The maximum Gasteiger partial charge on any atom is 0.534 e. The number of alkyl halides is 3. The second-order valence-electron chi connectivity index (χ2n) is 8.49. The molecule has 4 rings (SSSR count). The number of ketones is 1. The Morgan fingerprint density at radius 2 is 1.97 bits per heavy atom. The molecule has 0 spiro atoms. The quantitative estimate of drug-likeness (QED) is 0.523. The van der Waals surface area contributed by atoms with Gasteiger partial charge in [0.15, 0.2) is 5.78 Å². The number of halogens is 3. The average molecular weight is 431 g/mol. The van der Waals surface area contributed by atoms with Crippen LogP contribution in [-0.2, 0) is 15.5 Å². The molecule has 0 radical (unpaired) electrons. The van der Waals surface area contributed by atoms with E-state index in [1.54, 1.807) is 0 Å². The van der Waals surface area contributed by atoms with Crippen molar-refractivity contribution in [1.29, 1.82) is 0 Å². The molecule has 2 fully saturated rings. The van der Waals surface area contributed by atoms with Crippen LogP contribution in [0.5, 0.6) is 5.75 Å². The first-order valence-corrected chi connectivity index (χ1v) is 11.3. The lowest BCUT2D eigenvalue weighted by Crippen LogP contribution is -2.61. The van der Waals surface area contributed by atoms with Crippen LogP contribution in [0.15, 0.2) is 18.2 Å². The zero-order valence-corrected chi connectivity index (χ0v) is 17.1. The number of likely N-dealkylation sites (tertiary alicyclic amines) is 1. The van der Waals surface area contributed by atoms with Gasteiger partial charge in [0.2, 0.25) is 0 Å². The Balaban J connectivity index is 1.74. The summed E-state index contributed by atoms with van der Waals surface area (Å²) in [5.41, 5.74) is -4.83. The van der Waals surface area contributed by atoms with Crippen LogP contribution in [0.25, 0.3) is 0 Å². The molecule has 1 aromatic carbocycles. The Morgan fingerprint density at radius 1 is 1.28 bits per heavy atom. The summed E-state index contributed by atoms with van der Waals surface area (Å²) >= 11 is 0. The molecule has 2 bridgehead atoms. The highest BCUT2D eigenvalue weighted by Gasteiger charge is 2.55. The van der Waals surface area contributed by atoms with Crippen molar-refractivity contribution >= 4 is 15.9 Å². The van der Waals surface area contributed by atoms with E-state index in [2.05, 4.69) is 9.08 Å². The number of carbonyl (C=O) groups is 1. The molecule has 0 amide bonds. The second-order valence-corrected chi connectivity index (χ2v) is 10.0. The zero-order chi connectivity index (χ0) is 21.2. The van der Waals surface area contributed by atoms with Gasteiger partial charge < -0.3 is 4.18 Å². The Labute approximate surface area is 168 Å². The van der Waals surface area contributed by atoms with E-state index in [-0.39, 0.29) is 17.7 Å². The summed E-state index contributed by atoms with van der Waals surface area (Å²) in [5.74, 6) is 0.179. The van der Waals surface area contributed by atoms with Gasteiger partial charge in [-0.05, 0) is 67.8 Å². The van der Waals surface area contributed by atoms with Crippen molar-refractivity contribution < 1.29 is 30.6 Å². The highest BCUT2D eigenvalue weighted by molar-refractivity contribution is 7.88. The van der Waals surface area contributed by atoms with Gasteiger partial charge in [0.1, 0.15) is 5.75 Å². The van der Waals surface area contributed by atoms with Crippen molar-refractivity contribution in [3.63, 3.8) is 0 Å². The molecule has 3 aliphatic rings. The first-order valence-electron chi connectivity index (χ1n) is 9.93. The standard InChI is InChI=1S/C20H24F3NO4S/c1-3-19-8-9-24(11-13-4-5-13)17(12(19)2)18(25)15-7-6-14(10-16(15)19)28-29(26,27)20(21,22)23/h6-7,10,12-13,17H,3-5,8-9,11H2,1-2H3/t12-,17-,19+/m0/s1. The molecule has 1 saturated heterocycles. The van der Waals surface area contributed by atoms with Gasteiger partial charge in [-0.25, -0.2) is 0 Å². The van der Waals surface area contributed by atoms with Gasteiger partial charge in [-0.15, -0.1) is 0 Å². The molecule has 0 aromatic heterocycles. The number of carbonyl (C=O) groups excluding carboxylic acids is 1. The number of nitrogens with zero attached hydrogens (tertiary/aromatic N) is 1. The average Bonchev–Trinajstić information content (AvgIpc) is 3.44. The van der Waals surface area contributed by atoms with Crippen molar-refractivity contribution in [2.24, 2.45) is 11.8 Å². The van der Waals surface area contributed by atoms with Crippen LogP contribution in [0, 0.1) is 11.8 Å². The van der Waals surface area contributed by atoms with Crippen LogP contribution >= 0.6 is 0 Å². The lowest BCUT2D eigenvalue weighted by atomic mass is 9.56. The monoisotopic (exact) mass is 431 g/mol. The predicted molar refractivity (Wildman–Crippen MR) is 100 cm³/mol. The zero-order valence-electron chi connectivity index (χ0n) is 16.3. The van der Waals surface area contributed by atoms with Gasteiger partial charge in [0, 0.05) is 17.5 Å². The van der Waals surface area contributed by atoms with Crippen LogP contribution < -0.4 is 4.18 Å². The molecule has 29 heavy (non-hydrogen) atoms. The Hall–Kier alpha value is -1.61. The van der Waals surface area contributed by atoms with E-state index >= 15 is 0 Å². The van der Waals surface area contributed by atoms with Gasteiger partial charge in [0.05, 0.1) is 6.04 Å². The fraction of sp³-hybridized carbons (Fsp3) is 0.650. The number of rotatable bonds is 5. The smallest absolute Gasteiger partial charge is 0.376 e. The van der Waals surface area contributed by atoms with Crippen LogP contribution in [0.4, 0.5) is 13.2 Å². The topological polar surface area (TPSA) is 63.7 Å². The van der Waals surface area contributed by atoms with E-state index in [1.807, 2.05) is 13.8 Å². The van der Waals surface area contributed by atoms with Gasteiger partial charge >= 0.3 is 15.6 Å². The molecule has 2 aliphatic carbocycles. The van der Waals surface area contributed by atoms with E-state index < -0.39 is 26.8 Å². The van der Waals surface area contributed by atoms with Crippen molar-refractivity contribution in [3.05, 3.63) is 29.3 Å². The summed E-state index contributed by atoms with van der Waals surface area (Å²) < 4.78 is 65.3. The van der Waals surface area contributed by atoms with Gasteiger partial charge in [0.25, 0.3) is 0 Å². The lowest BCUT2D eigenvalue weighted by molar-refractivity contribution is -0.0500. The van der Waals surface area contributed by atoms with Gasteiger partial charge in [-0.1, -0.05) is 13.8 Å². The number of hydrogen-bond acceptors (Lipinski definition) is 5. The number of Topliss-reactive ketones (excluding diaryl/α,β-unsaturated/α-hetero) is 1. The lowest BCUT2D eigenvalue weighted by Gasteiger charge is -2.55. The molecular weight excluding hydrogens is 407 g/mol. The number of piperidine rings is 1. The van der Waals surface area contributed by atoms with E-state index in [9.17, 15) is 26.4 Å². The molecule has 160 valence electrons. The van der Waals surface area contributed by atoms with Crippen molar-refractivity contribution in [1.82, 2.24) is 4.90 Å². The maximum absolute atomic E-state index is 13.3. The molecule has 0 N–H and O–H groups in total. The fourth-order valence-corrected chi connectivity index (χ4v) is 5.61. The van der Waals surface area contributed by atoms with Gasteiger partial charge in [-0.3, -0.25) is 9.69 Å². The van der Waals surface area contributed by atoms with Crippen LogP contribution in [0.2, 0.25) is 0 Å². The molecule has 1 aromatic rings. The third kappa shape index (κ3) is 3.26. The minimum Gasteiger partial charge on any atom is -0.376 e. The van der Waals surface area contributed by atoms with E-state index in [4.69, 9.17) is 0 Å². The first-order chi connectivity index (χ1) is 13.5. The highest BCUT2D eigenvalue weighted by Crippen LogP contribution is 2.52. The molecule has 1 saturated carbocycles. The second kappa shape index (κ2) is 6.70. The van der Waals surface area contributed by atoms with Gasteiger partial charge in [-0.2, -0.15) is 21.6 Å². The number of benzene rings is 1. The third-order valence-electron chi connectivity index (χ3n) is 6.96. The normalized spacial score (nSPS) is 30.2. The Morgan fingerprint density at radius 3 is 2.55 bits per heavy atom. The molecule has 3 atom stereocenters. The Kier molecular flexibility index (Phi) is 4.77. The largest absolute Gasteiger partial charge is 0.534 e. The third-order valence-corrected chi connectivity index (χ3v) is 7.93. The Bertz CT molecular complexity index is 942. The molecule has 1 aliphatic heterocycles. The number of fused-ring (bicyclic) bond motifs is 4. The summed E-state index contributed by atoms with van der Waals surface area (Å²) in [6.07, 6.45) is 3.85. The summed E-state index contributed by atoms with van der Waals surface area (Å²) in [5, 5.41) is 0. The predicted octanol–water partition coefficient (Wildman–Crippen LogP) is 3.88. The maximum atomic E-state index is 13.3. The summed E-state index contributed by atoms with van der Waals surface area (Å²) in [6, 6.07) is 3.63. The van der Waals surface area contributed by atoms with Crippen LogP contribution in [0.3, 0.4) is 0 Å². The molecule has 5 nitrogen and oxygen atoms in total. The molecule has 9 heteroatoms. The van der Waals surface area contributed by atoms with Crippen LogP contribution in [-0.4, -0.2) is 43.7 Å². The van der Waals surface area contributed by atoms with E-state index in [0.29, 0.717) is 23.5 Å². The van der Waals surface area contributed by atoms with E-state index in [0.717, 1.165) is 25.6 Å². The SMILES string of the molecule is CC[C@]12CCN(CC3CC3)[C@H](C(=O)c3ccc(OS(=O)(=O)C(F)(F)F)cc31)[C@@H]2C. The summed E-state index contributed by atoms with van der Waals surface area (Å²) in [4.78, 5) is 15.5. The molecule has 1 heterocycles. The van der Waals surface area contributed by atoms with Crippen molar-refractivity contribution in [2.75, 3.05) is 13.1 Å². The molecular formula is C20H24F3NO4S. The number of hydrogen-bond donors (Lipinski definition) is 0. The van der Waals surface area contributed by atoms with Crippen molar-refractivity contribution in [3.8, 4) is 5.75 Å².